The minimum atomic E-state index is -0.362. The van der Waals surface area contributed by atoms with Crippen LogP contribution in [0.15, 0.2) is 29.2 Å². The van der Waals surface area contributed by atoms with Gasteiger partial charge in [0.15, 0.2) is 0 Å². The molecule has 0 saturated heterocycles. The van der Waals surface area contributed by atoms with Crippen molar-refractivity contribution in [2.45, 2.75) is 13.8 Å². The van der Waals surface area contributed by atoms with E-state index in [1.807, 2.05) is 6.92 Å². The van der Waals surface area contributed by atoms with Crippen LogP contribution < -0.4 is 5.56 Å². The maximum Gasteiger partial charge on any atom is 0.338 e. The van der Waals surface area contributed by atoms with E-state index in [1.54, 1.807) is 42.9 Å². The van der Waals surface area contributed by atoms with Gasteiger partial charge in [-0.2, -0.15) is 0 Å². The summed E-state index contributed by atoms with van der Waals surface area (Å²) in [6.07, 6.45) is 1.76. The molecule has 2 aromatic rings. The molecule has 0 unspecified atom stereocenters. The number of fused-ring (bicyclic) bond motifs is 1. The second-order valence-corrected chi connectivity index (χ2v) is 4.21. The van der Waals surface area contributed by atoms with Gasteiger partial charge in [0, 0.05) is 18.6 Å². The smallest absolute Gasteiger partial charge is 0.338 e. The summed E-state index contributed by atoms with van der Waals surface area (Å²) in [5, 5.41) is 1.41. The quantitative estimate of drug-likeness (QED) is 0.760. The van der Waals surface area contributed by atoms with Gasteiger partial charge in [-0.05, 0) is 43.0 Å². The van der Waals surface area contributed by atoms with Crippen LogP contribution in [-0.4, -0.2) is 17.1 Å². The van der Waals surface area contributed by atoms with Crippen LogP contribution >= 0.6 is 0 Å². The van der Waals surface area contributed by atoms with E-state index in [9.17, 15) is 9.59 Å². The first-order valence-corrected chi connectivity index (χ1v) is 5.81. The van der Waals surface area contributed by atoms with Crippen LogP contribution in [0.1, 0.15) is 22.8 Å². The van der Waals surface area contributed by atoms with Gasteiger partial charge in [-0.3, -0.25) is 4.79 Å². The Balaban J connectivity index is 2.66. The Morgan fingerprint density at radius 3 is 2.72 bits per heavy atom. The molecule has 18 heavy (non-hydrogen) atoms. The molecule has 1 heterocycles. The average Bonchev–Trinajstić information content (AvgIpc) is 2.36. The first kappa shape index (κ1) is 12.4. The molecule has 4 heteroatoms. The van der Waals surface area contributed by atoms with Crippen LogP contribution in [0.3, 0.4) is 0 Å². The van der Waals surface area contributed by atoms with E-state index in [2.05, 4.69) is 0 Å². The predicted molar refractivity (Wildman–Crippen MR) is 69.9 cm³/mol. The standard InChI is InChI=1S/C14H15NO3/c1-4-18-14(17)10-5-6-11-12(7-10)9(2)8-15(3)13(11)16/h5-8H,4H2,1-3H3. The average molecular weight is 245 g/mol. The van der Waals surface area contributed by atoms with Crippen LogP contribution in [0.25, 0.3) is 10.8 Å². The maximum atomic E-state index is 11.9. The molecule has 1 aromatic heterocycles. The monoisotopic (exact) mass is 245 g/mol. The topological polar surface area (TPSA) is 48.3 Å². The SMILES string of the molecule is CCOC(=O)c1ccc2c(=O)n(C)cc(C)c2c1. The molecule has 4 nitrogen and oxygen atoms in total. The second kappa shape index (κ2) is 4.64. The van der Waals surface area contributed by atoms with E-state index in [0.717, 1.165) is 10.9 Å². The number of ether oxygens (including phenoxy) is 1. The highest BCUT2D eigenvalue weighted by Crippen LogP contribution is 2.17. The number of hydrogen-bond donors (Lipinski definition) is 0. The molecule has 0 aliphatic rings. The van der Waals surface area contributed by atoms with Gasteiger partial charge >= 0.3 is 5.97 Å². The van der Waals surface area contributed by atoms with Crippen molar-refractivity contribution in [3.05, 3.63) is 45.9 Å². The zero-order chi connectivity index (χ0) is 13.3. The van der Waals surface area contributed by atoms with E-state index >= 15 is 0 Å². The number of hydrogen-bond acceptors (Lipinski definition) is 3. The number of rotatable bonds is 2. The van der Waals surface area contributed by atoms with Crippen LogP contribution in [0.4, 0.5) is 0 Å². The van der Waals surface area contributed by atoms with Crippen molar-refractivity contribution in [2.75, 3.05) is 6.61 Å². The lowest BCUT2D eigenvalue weighted by molar-refractivity contribution is 0.0526. The van der Waals surface area contributed by atoms with E-state index in [4.69, 9.17) is 4.74 Å². The van der Waals surface area contributed by atoms with E-state index < -0.39 is 0 Å². The highest BCUT2D eigenvalue weighted by molar-refractivity contribution is 5.96. The molecule has 0 bridgehead atoms. The number of pyridine rings is 1. The third-order valence-electron chi connectivity index (χ3n) is 2.89. The number of benzene rings is 1. The number of carbonyl (C=O) groups excluding carboxylic acids is 1. The molecule has 0 aliphatic heterocycles. The van der Waals surface area contributed by atoms with Gasteiger partial charge < -0.3 is 9.30 Å². The number of esters is 1. The molecule has 0 radical (unpaired) electrons. The molecule has 1 aromatic carbocycles. The molecule has 0 atom stereocenters. The fraction of sp³-hybridized carbons (Fsp3) is 0.286. The molecule has 2 rings (SSSR count). The number of aryl methyl sites for hydroxylation is 2. The van der Waals surface area contributed by atoms with Crippen molar-refractivity contribution < 1.29 is 9.53 Å². The summed E-state index contributed by atoms with van der Waals surface area (Å²) in [4.78, 5) is 23.6. The molecule has 0 aliphatic carbocycles. The van der Waals surface area contributed by atoms with Crippen molar-refractivity contribution >= 4 is 16.7 Å². The highest BCUT2D eigenvalue weighted by atomic mass is 16.5. The lowest BCUT2D eigenvalue weighted by Gasteiger charge is -2.07. The summed E-state index contributed by atoms with van der Waals surface area (Å²) in [6.45, 7) is 4.02. The molecule has 0 N–H and O–H groups in total. The summed E-state index contributed by atoms with van der Waals surface area (Å²) in [5.41, 5.74) is 1.37. The van der Waals surface area contributed by atoms with E-state index in [-0.39, 0.29) is 11.5 Å². The maximum absolute atomic E-state index is 11.9. The molecule has 0 amide bonds. The van der Waals surface area contributed by atoms with Crippen molar-refractivity contribution in [3.8, 4) is 0 Å². The third-order valence-corrected chi connectivity index (χ3v) is 2.89. The summed E-state index contributed by atoms with van der Waals surface area (Å²) in [7, 11) is 1.72. The first-order valence-electron chi connectivity index (χ1n) is 5.81. The first-order chi connectivity index (χ1) is 8.54. The number of carbonyl (C=O) groups is 1. The van der Waals surface area contributed by atoms with Gasteiger partial charge in [-0.15, -0.1) is 0 Å². The summed E-state index contributed by atoms with van der Waals surface area (Å²) in [6, 6.07) is 5.02. The fourth-order valence-electron chi connectivity index (χ4n) is 2.01. The normalized spacial score (nSPS) is 10.6. The van der Waals surface area contributed by atoms with Gasteiger partial charge in [0.1, 0.15) is 0 Å². The zero-order valence-electron chi connectivity index (χ0n) is 10.7. The minimum absolute atomic E-state index is 0.0639. The van der Waals surface area contributed by atoms with Crippen molar-refractivity contribution in [1.82, 2.24) is 4.57 Å². The summed E-state index contributed by atoms with van der Waals surface area (Å²) in [5.74, 6) is -0.362. The Hall–Kier alpha value is -2.10. The Bertz CT molecular complexity index is 671. The molecular weight excluding hydrogens is 230 g/mol. The number of nitrogens with zero attached hydrogens (tertiary/aromatic N) is 1. The molecule has 94 valence electrons. The lowest BCUT2D eigenvalue weighted by atomic mass is 10.1. The fourth-order valence-corrected chi connectivity index (χ4v) is 2.01. The third kappa shape index (κ3) is 2.01. The summed E-state index contributed by atoms with van der Waals surface area (Å²) >= 11 is 0. The Morgan fingerprint density at radius 1 is 1.33 bits per heavy atom. The Kier molecular flexibility index (Phi) is 3.19. The van der Waals surface area contributed by atoms with Crippen LogP contribution in [-0.2, 0) is 11.8 Å². The summed E-state index contributed by atoms with van der Waals surface area (Å²) < 4.78 is 6.49. The van der Waals surface area contributed by atoms with E-state index in [1.165, 1.54) is 0 Å². The molecule has 0 saturated carbocycles. The molecule has 0 spiro atoms. The van der Waals surface area contributed by atoms with Gasteiger partial charge in [0.05, 0.1) is 12.2 Å². The van der Waals surface area contributed by atoms with E-state index in [0.29, 0.717) is 17.6 Å². The van der Waals surface area contributed by atoms with Crippen LogP contribution in [0, 0.1) is 6.92 Å². The van der Waals surface area contributed by atoms with Gasteiger partial charge in [0.25, 0.3) is 5.56 Å². The number of aromatic nitrogens is 1. The Labute approximate surface area is 105 Å². The highest BCUT2D eigenvalue weighted by Gasteiger charge is 2.10. The lowest BCUT2D eigenvalue weighted by Crippen LogP contribution is -2.17. The second-order valence-electron chi connectivity index (χ2n) is 4.21. The predicted octanol–water partition coefficient (Wildman–Crippen LogP) is 2.02. The van der Waals surface area contributed by atoms with Gasteiger partial charge in [0.2, 0.25) is 0 Å². The minimum Gasteiger partial charge on any atom is -0.462 e. The van der Waals surface area contributed by atoms with Gasteiger partial charge in [-0.25, -0.2) is 4.79 Å². The molecule has 0 fully saturated rings. The largest absolute Gasteiger partial charge is 0.462 e. The van der Waals surface area contributed by atoms with Crippen molar-refractivity contribution in [1.29, 1.82) is 0 Å². The zero-order valence-corrected chi connectivity index (χ0v) is 10.7. The van der Waals surface area contributed by atoms with Gasteiger partial charge in [-0.1, -0.05) is 0 Å². The van der Waals surface area contributed by atoms with Crippen LogP contribution in [0.2, 0.25) is 0 Å². The van der Waals surface area contributed by atoms with Crippen LogP contribution in [0.5, 0.6) is 0 Å². The Morgan fingerprint density at radius 2 is 2.06 bits per heavy atom. The molecular formula is C14H15NO3. The van der Waals surface area contributed by atoms with Crippen molar-refractivity contribution in [2.24, 2.45) is 7.05 Å². The van der Waals surface area contributed by atoms with Crippen molar-refractivity contribution in [3.63, 3.8) is 0 Å².